The molecule has 2 aromatic heterocycles. The highest BCUT2D eigenvalue weighted by molar-refractivity contribution is 5.92. The van der Waals surface area contributed by atoms with Crippen molar-refractivity contribution in [3.63, 3.8) is 0 Å². The van der Waals surface area contributed by atoms with Crippen LogP contribution < -0.4 is 4.90 Å². The number of nitrogens with zero attached hydrogens (tertiary/aromatic N) is 6. The number of aromatic nitrogens is 4. The van der Waals surface area contributed by atoms with Crippen LogP contribution in [0.3, 0.4) is 0 Å². The van der Waals surface area contributed by atoms with Gasteiger partial charge in [-0.25, -0.2) is 0 Å². The lowest BCUT2D eigenvalue weighted by molar-refractivity contribution is -0.0311. The molecule has 126 valence electrons. The lowest BCUT2D eigenvalue weighted by Crippen LogP contribution is -2.43. The highest BCUT2D eigenvalue weighted by Gasteiger charge is 2.31. The van der Waals surface area contributed by atoms with Crippen LogP contribution in [0.5, 0.6) is 0 Å². The van der Waals surface area contributed by atoms with E-state index in [1.54, 1.807) is 25.4 Å². The average molecular weight is 336 g/mol. The first kappa shape index (κ1) is 15.5. The maximum atomic E-state index is 9.29. The Hall–Kier alpha value is -3.05. The summed E-state index contributed by atoms with van der Waals surface area (Å²) in [5.41, 5.74) is 2.73. The normalized spacial score (nSPS) is 20.6. The summed E-state index contributed by atoms with van der Waals surface area (Å²) in [6.45, 7) is 5.01. The van der Waals surface area contributed by atoms with Crippen LogP contribution in [0.15, 0.2) is 28.9 Å². The van der Waals surface area contributed by atoms with Gasteiger partial charge in [-0.3, -0.25) is 9.97 Å². The highest BCUT2D eigenvalue weighted by Crippen LogP contribution is 2.32. The van der Waals surface area contributed by atoms with E-state index >= 15 is 0 Å². The van der Waals surface area contributed by atoms with Crippen LogP contribution in [0, 0.1) is 18.3 Å². The molecule has 0 amide bonds. The monoisotopic (exact) mass is 336 g/mol. The summed E-state index contributed by atoms with van der Waals surface area (Å²) in [4.78, 5) is 10.9. The van der Waals surface area contributed by atoms with Crippen molar-refractivity contribution < 1.29 is 9.15 Å². The molecule has 1 aliphatic rings. The molecule has 1 aromatic carbocycles. The van der Waals surface area contributed by atoms with E-state index in [9.17, 15) is 5.26 Å². The first-order chi connectivity index (χ1) is 12.2. The van der Waals surface area contributed by atoms with Crippen LogP contribution in [-0.2, 0) is 4.74 Å². The van der Waals surface area contributed by atoms with Crippen molar-refractivity contribution in [1.82, 2.24) is 20.2 Å². The van der Waals surface area contributed by atoms with Gasteiger partial charge in [-0.2, -0.15) is 5.26 Å². The molecular formula is C17H16N6O2. The molecule has 1 fully saturated rings. The fourth-order valence-corrected chi connectivity index (χ4v) is 3.11. The van der Waals surface area contributed by atoms with E-state index in [0.717, 1.165) is 5.69 Å². The molecule has 0 spiro atoms. The van der Waals surface area contributed by atoms with Crippen molar-refractivity contribution in [2.75, 3.05) is 18.0 Å². The number of fused-ring (bicyclic) bond motifs is 1. The lowest BCUT2D eigenvalue weighted by atomic mass is 10.1. The second kappa shape index (κ2) is 6.11. The number of anilines is 1. The van der Waals surface area contributed by atoms with E-state index in [1.807, 2.05) is 13.0 Å². The van der Waals surface area contributed by atoms with Crippen molar-refractivity contribution in [2.24, 2.45) is 0 Å². The van der Waals surface area contributed by atoms with Gasteiger partial charge in [0.2, 0.25) is 11.8 Å². The maximum absolute atomic E-state index is 9.29. The number of rotatable bonds is 2. The minimum atomic E-state index is -0.313. The molecule has 4 rings (SSSR count). The molecule has 0 saturated carbocycles. The van der Waals surface area contributed by atoms with E-state index in [1.165, 1.54) is 0 Å². The Bertz CT molecular complexity index is 963. The van der Waals surface area contributed by atoms with Gasteiger partial charge in [0.15, 0.2) is 6.10 Å². The molecule has 1 aliphatic heterocycles. The van der Waals surface area contributed by atoms with E-state index < -0.39 is 0 Å². The van der Waals surface area contributed by atoms with E-state index in [2.05, 4.69) is 31.1 Å². The molecule has 1 saturated heterocycles. The zero-order chi connectivity index (χ0) is 17.4. The molecule has 8 nitrogen and oxygen atoms in total. The van der Waals surface area contributed by atoms with Crippen LogP contribution >= 0.6 is 0 Å². The first-order valence-corrected chi connectivity index (χ1v) is 8.00. The molecule has 2 atom stereocenters. The van der Waals surface area contributed by atoms with Crippen LogP contribution in [0.25, 0.3) is 11.0 Å². The van der Waals surface area contributed by atoms with Crippen LogP contribution in [0.1, 0.15) is 30.4 Å². The van der Waals surface area contributed by atoms with Gasteiger partial charge in [0, 0.05) is 25.9 Å². The van der Waals surface area contributed by atoms with Gasteiger partial charge in [-0.1, -0.05) is 0 Å². The Kier molecular flexibility index (Phi) is 3.78. The molecule has 0 unspecified atom stereocenters. The Morgan fingerprint density at radius 2 is 1.96 bits per heavy atom. The molecule has 0 aliphatic carbocycles. The number of hydrogen-bond acceptors (Lipinski definition) is 8. The SMILES string of the molecule is Cc1nnc([C@H]2CN(c3ccc(C#N)c4nccnc34)C[C@@H](C)O2)o1. The molecule has 0 radical (unpaired) electrons. The standard InChI is InChI=1S/C17H16N6O2/c1-10-8-23(9-14(24-10)17-22-21-11(2)25-17)13-4-3-12(7-18)15-16(13)20-6-5-19-15/h3-6,10,14H,8-9H2,1-2H3/t10-,14-/m1/s1. The summed E-state index contributed by atoms with van der Waals surface area (Å²) in [5, 5.41) is 17.3. The van der Waals surface area contributed by atoms with Crippen molar-refractivity contribution in [3.8, 4) is 6.07 Å². The molecule has 0 bridgehead atoms. The largest absolute Gasteiger partial charge is 0.423 e. The average Bonchev–Trinajstić information content (AvgIpc) is 3.06. The van der Waals surface area contributed by atoms with Crippen molar-refractivity contribution in [2.45, 2.75) is 26.1 Å². The molecule has 0 N–H and O–H groups in total. The number of benzene rings is 1. The summed E-state index contributed by atoms with van der Waals surface area (Å²) in [5.74, 6) is 0.983. The lowest BCUT2D eigenvalue weighted by Gasteiger charge is -2.37. The van der Waals surface area contributed by atoms with E-state index in [0.29, 0.717) is 41.5 Å². The summed E-state index contributed by atoms with van der Waals surface area (Å²) < 4.78 is 11.5. The van der Waals surface area contributed by atoms with E-state index in [4.69, 9.17) is 9.15 Å². The van der Waals surface area contributed by atoms with Gasteiger partial charge >= 0.3 is 0 Å². The van der Waals surface area contributed by atoms with Gasteiger partial charge in [-0.05, 0) is 19.1 Å². The summed E-state index contributed by atoms with van der Waals surface area (Å²) in [6.07, 6.45) is 2.90. The smallest absolute Gasteiger partial charge is 0.247 e. The van der Waals surface area contributed by atoms with Gasteiger partial charge in [0.25, 0.3) is 0 Å². The molecule has 3 heterocycles. The maximum Gasteiger partial charge on any atom is 0.247 e. The van der Waals surface area contributed by atoms with Crippen molar-refractivity contribution in [3.05, 3.63) is 41.9 Å². The number of ether oxygens (including phenoxy) is 1. The summed E-state index contributed by atoms with van der Waals surface area (Å²) in [7, 11) is 0. The quantitative estimate of drug-likeness (QED) is 0.701. The third-order valence-corrected chi connectivity index (χ3v) is 4.14. The Morgan fingerprint density at radius 1 is 1.16 bits per heavy atom. The first-order valence-electron chi connectivity index (χ1n) is 8.00. The van der Waals surface area contributed by atoms with Crippen LogP contribution in [0.2, 0.25) is 0 Å². The minimum Gasteiger partial charge on any atom is -0.423 e. The zero-order valence-corrected chi connectivity index (χ0v) is 13.9. The second-order valence-corrected chi connectivity index (χ2v) is 6.00. The van der Waals surface area contributed by atoms with E-state index in [-0.39, 0.29) is 12.2 Å². The zero-order valence-electron chi connectivity index (χ0n) is 13.9. The Labute approximate surface area is 144 Å². The number of morpholine rings is 1. The molecule has 8 heteroatoms. The predicted octanol–water partition coefficient (Wildman–Crippen LogP) is 2.16. The minimum absolute atomic E-state index is 0.0201. The van der Waals surface area contributed by atoms with Crippen LogP contribution in [-0.4, -0.2) is 39.4 Å². The molecule has 25 heavy (non-hydrogen) atoms. The van der Waals surface area contributed by atoms with Gasteiger partial charge in [0.1, 0.15) is 17.1 Å². The topological polar surface area (TPSA) is 101 Å². The second-order valence-electron chi connectivity index (χ2n) is 6.00. The third-order valence-electron chi connectivity index (χ3n) is 4.14. The summed E-state index contributed by atoms with van der Waals surface area (Å²) >= 11 is 0. The van der Waals surface area contributed by atoms with Gasteiger partial charge in [0.05, 0.1) is 23.9 Å². The number of nitriles is 1. The van der Waals surface area contributed by atoms with Crippen LogP contribution in [0.4, 0.5) is 5.69 Å². The highest BCUT2D eigenvalue weighted by atomic mass is 16.5. The molecular weight excluding hydrogens is 320 g/mol. The Balaban J connectivity index is 1.74. The summed E-state index contributed by atoms with van der Waals surface area (Å²) in [6, 6.07) is 5.85. The predicted molar refractivity (Wildman–Crippen MR) is 88.8 cm³/mol. The van der Waals surface area contributed by atoms with Crippen molar-refractivity contribution in [1.29, 1.82) is 5.26 Å². The van der Waals surface area contributed by atoms with Gasteiger partial charge in [-0.15, -0.1) is 10.2 Å². The molecule has 3 aromatic rings. The third kappa shape index (κ3) is 2.79. The fourth-order valence-electron chi connectivity index (χ4n) is 3.11. The number of aryl methyl sites for hydroxylation is 1. The fraction of sp³-hybridized carbons (Fsp3) is 0.353. The Morgan fingerprint density at radius 3 is 2.68 bits per heavy atom. The number of hydrogen-bond donors (Lipinski definition) is 0. The van der Waals surface area contributed by atoms with Gasteiger partial charge < -0.3 is 14.1 Å². The van der Waals surface area contributed by atoms with Crippen molar-refractivity contribution >= 4 is 16.7 Å².